The van der Waals surface area contributed by atoms with Gasteiger partial charge >= 0.3 is 12.5 Å². The maximum absolute atomic E-state index is 13.2. The topological polar surface area (TPSA) is 55.8 Å². The third-order valence-corrected chi connectivity index (χ3v) is 4.83. The van der Waals surface area contributed by atoms with Crippen molar-refractivity contribution in [3.8, 4) is 5.75 Å². The molecule has 0 amide bonds. The van der Waals surface area contributed by atoms with E-state index >= 15 is 0 Å². The van der Waals surface area contributed by atoms with Gasteiger partial charge in [-0.15, -0.1) is 13.2 Å². The SMILES string of the molecule is CS(=O)(=O)OCCN1c2ccc(OC(F)(F)F)cc2SC1C(F)(F)F. The highest BCUT2D eigenvalue weighted by molar-refractivity contribution is 8.00. The average Bonchev–Trinajstić information content (AvgIpc) is 2.73. The zero-order valence-corrected chi connectivity index (χ0v) is 14.0. The molecule has 0 spiro atoms. The highest BCUT2D eigenvalue weighted by atomic mass is 32.2. The van der Waals surface area contributed by atoms with Crippen LogP contribution in [0.15, 0.2) is 23.1 Å². The van der Waals surface area contributed by atoms with Crippen LogP contribution in [-0.4, -0.2) is 45.7 Å². The van der Waals surface area contributed by atoms with E-state index in [9.17, 15) is 34.8 Å². The van der Waals surface area contributed by atoms with E-state index in [4.69, 9.17) is 0 Å². The van der Waals surface area contributed by atoms with Crippen molar-refractivity contribution < 1.29 is 43.7 Å². The molecule has 1 atom stereocenters. The second kappa shape index (κ2) is 6.76. The summed E-state index contributed by atoms with van der Waals surface area (Å²) in [6, 6.07) is 2.79. The molecular formula is C12H11F6NO4S2. The molecule has 1 unspecified atom stereocenters. The predicted octanol–water partition coefficient (Wildman–Crippen LogP) is 3.36. The Morgan fingerprint density at radius 1 is 1.20 bits per heavy atom. The normalized spacial score (nSPS) is 18.4. The molecule has 1 aromatic carbocycles. The van der Waals surface area contributed by atoms with Crippen LogP contribution in [0.1, 0.15) is 0 Å². The molecule has 2 rings (SSSR count). The van der Waals surface area contributed by atoms with E-state index in [-0.39, 0.29) is 10.6 Å². The number of fused-ring (bicyclic) bond motifs is 1. The second-order valence-electron chi connectivity index (χ2n) is 4.91. The van der Waals surface area contributed by atoms with Crippen molar-refractivity contribution >= 4 is 27.6 Å². The summed E-state index contributed by atoms with van der Waals surface area (Å²) < 4.78 is 106. The van der Waals surface area contributed by atoms with Crippen LogP contribution in [0.25, 0.3) is 0 Å². The monoisotopic (exact) mass is 411 g/mol. The van der Waals surface area contributed by atoms with Crippen molar-refractivity contribution in [1.82, 2.24) is 0 Å². The molecule has 25 heavy (non-hydrogen) atoms. The third kappa shape index (κ3) is 5.57. The molecule has 0 N–H and O–H groups in total. The molecule has 1 aliphatic rings. The van der Waals surface area contributed by atoms with Crippen LogP contribution >= 0.6 is 11.8 Å². The molecule has 142 valence electrons. The predicted molar refractivity (Wildman–Crippen MR) is 77.0 cm³/mol. The lowest BCUT2D eigenvalue weighted by Gasteiger charge is -2.27. The molecule has 1 aromatic rings. The van der Waals surface area contributed by atoms with E-state index in [2.05, 4.69) is 8.92 Å². The van der Waals surface area contributed by atoms with Gasteiger partial charge in [-0.3, -0.25) is 4.18 Å². The van der Waals surface area contributed by atoms with Crippen molar-refractivity contribution in [1.29, 1.82) is 0 Å². The molecule has 0 aliphatic carbocycles. The molecule has 0 bridgehead atoms. The van der Waals surface area contributed by atoms with Gasteiger partial charge < -0.3 is 9.64 Å². The van der Waals surface area contributed by atoms with Crippen molar-refractivity contribution in [2.24, 2.45) is 0 Å². The van der Waals surface area contributed by atoms with Crippen LogP contribution in [0.4, 0.5) is 32.0 Å². The largest absolute Gasteiger partial charge is 0.573 e. The third-order valence-electron chi connectivity index (χ3n) is 2.91. The van der Waals surface area contributed by atoms with Gasteiger partial charge in [0.1, 0.15) is 5.75 Å². The van der Waals surface area contributed by atoms with Gasteiger partial charge in [0.05, 0.1) is 18.6 Å². The molecule has 5 nitrogen and oxygen atoms in total. The van der Waals surface area contributed by atoms with Crippen molar-refractivity contribution in [2.75, 3.05) is 24.3 Å². The summed E-state index contributed by atoms with van der Waals surface area (Å²) in [5, 5.41) is -2.08. The Hall–Kier alpha value is -1.34. The number of benzene rings is 1. The van der Waals surface area contributed by atoms with Gasteiger partial charge in [-0.05, 0) is 18.2 Å². The second-order valence-corrected chi connectivity index (χ2v) is 7.67. The Bertz CT molecular complexity index is 734. The highest BCUT2D eigenvalue weighted by Gasteiger charge is 2.49. The molecule has 13 heteroatoms. The standard InChI is InChI=1S/C12H11F6NO4S2/c1-25(20,21)22-5-4-19-8-3-2-7(23-12(16,17)18)6-9(8)24-10(19)11(13,14)15/h2-3,6,10H,4-5H2,1H3. The number of hydrogen-bond donors (Lipinski definition) is 0. The first-order chi connectivity index (χ1) is 11.3. The minimum atomic E-state index is -4.97. The lowest BCUT2D eigenvalue weighted by atomic mass is 10.2. The van der Waals surface area contributed by atoms with E-state index in [1.807, 2.05) is 0 Å². The van der Waals surface area contributed by atoms with E-state index in [0.717, 1.165) is 29.4 Å². The van der Waals surface area contributed by atoms with Gasteiger partial charge in [-0.2, -0.15) is 21.6 Å². The first kappa shape index (κ1) is 20.0. The molecule has 0 aromatic heterocycles. The van der Waals surface area contributed by atoms with E-state index in [1.165, 1.54) is 0 Å². The van der Waals surface area contributed by atoms with E-state index in [0.29, 0.717) is 11.8 Å². The van der Waals surface area contributed by atoms with Crippen LogP contribution < -0.4 is 9.64 Å². The van der Waals surface area contributed by atoms with Crippen LogP contribution in [0, 0.1) is 0 Å². The number of thioether (sulfide) groups is 1. The van der Waals surface area contributed by atoms with Crippen LogP contribution in [0.5, 0.6) is 5.75 Å². The summed E-state index contributed by atoms with van der Waals surface area (Å²) in [5.74, 6) is -0.645. The number of rotatable bonds is 5. The Balaban J connectivity index is 2.25. The molecule has 0 saturated carbocycles. The maximum Gasteiger partial charge on any atom is 0.573 e. The zero-order valence-electron chi connectivity index (χ0n) is 12.4. The minimum Gasteiger partial charge on any atom is -0.406 e. The van der Waals surface area contributed by atoms with Gasteiger partial charge in [0, 0.05) is 11.4 Å². The average molecular weight is 411 g/mol. The van der Waals surface area contributed by atoms with E-state index < -0.39 is 46.9 Å². The van der Waals surface area contributed by atoms with Crippen LogP contribution in [0.2, 0.25) is 0 Å². The Kier molecular flexibility index (Phi) is 5.40. The number of ether oxygens (including phenoxy) is 1. The Morgan fingerprint density at radius 2 is 1.84 bits per heavy atom. The van der Waals surface area contributed by atoms with Gasteiger partial charge in [0.25, 0.3) is 10.1 Å². The first-order valence-corrected chi connectivity index (χ1v) is 9.20. The number of nitrogens with zero attached hydrogens (tertiary/aromatic N) is 1. The lowest BCUT2D eigenvalue weighted by molar-refractivity contribution is -0.274. The smallest absolute Gasteiger partial charge is 0.406 e. The van der Waals surface area contributed by atoms with Crippen molar-refractivity contribution in [3.63, 3.8) is 0 Å². The van der Waals surface area contributed by atoms with Gasteiger partial charge in [0.2, 0.25) is 0 Å². The Morgan fingerprint density at radius 3 is 2.36 bits per heavy atom. The molecule has 0 saturated heterocycles. The summed E-state index contributed by atoms with van der Waals surface area (Å²) in [4.78, 5) is 0.756. The lowest BCUT2D eigenvalue weighted by Crippen LogP contribution is -2.42. The van der Waals surface area contributed by atoms with Gasteiger partial charge in [0.15, 0.2) is 5.37 Å². The molecular weight excluding hydrogens is 400 g/mol. The van der Waals surface area contributed by atoms with Gasteiger partial charge in [-0.1, -0.05) is 11.8 Å². The summed E-state index contributed by atoms with van der Waals surface area (Å²) in [5.41, 5.74) is 0.0129. The number of anilines is 1. The number of alkyl halides is 6. The number of halogens is 6. The van der Waals surface area contributed by atoms with Crippen molar-refractivity contribution in [3.05, 3.63) is 18.2 Å². The first-order valence-electron chi connectivity index (χ1n) is 6.50. The van der Waals surface area contributed by atoms with Crippen LogP contribution in [0.3, 0.4) is 0 Å². The number of hydrogen-bond acceptors (Lipinski definition) is 6. The van der Waals surface area contributed by atoms with Crippen molar-refractivity contribution in [2.45, 2.75) is 22.8 Å². The minimum absolute atomic E-state index is 0.0129. The molecule has 1 heterocycles. The van der Waals surface area contributed by atoms with E-state index in [1.54, 1.807) is 0 Å². The molecule has 1 aliphatic heterocycles. The maximum atomic E-state index is 13.2. The molecule has 0 fully saturated rings. The quantitative estimate of drug-likeness (QED) is 0.547. The fourth-order valence-electron chi connectivity index (χ4n) is 2.10. The summed E-state index contributed by atoms with van der Waals surface area (Å²) >= 11 is 0.298. The summed E-state index contributed by atoms with van der Waals surface area (Å²) in [7, 11) is -3.83. The van der Waals surface area contributed by atoms with Gasteiger partial charge in [-0.25, -0.2) is 0 Å². The van der Waals surface area contributed by atoms with Crippen LogP contribution in [-0.2, 0) is 14.3 Å². The zero-order chi connectivity index (χ0) is 19.0. The fourth-order valence-corrected chi connectivity index (χ4v) is 3.69. The fraction of sp³-hybridized carbons (Fsp3) is 0.500. The Labute approximate surface area is 143 Å². The summed E-state index contributed by atoms with van der Waals surface area (Å²) in [6.45, 7) is -0.955. The molecule has 0 radical (unpaired) electrons. The summed E-state index contributed by atoms with van der Waals surface area (Å²) in [6.07, 6.45) is -8.91. The highest BCUT2D eigenvalue weighted by Crippen LogP contribution is 2.50.